The van der Waals surface area contributed by atoms with Gasteiger partial charge in [0.15, 0.2) is 6.61 Å². The summed E-state index contributed by atoms with van der Waals surface area (Å²) >= 11 is 0. The molecule has 138 valence electrons. The van der Waals surface area contributed by atoms with Crippen molar-refractivity contribution in [1.82, 2.24) is 0 Å². The van der Waals surface area contributed by atoms with Crippen LogP contribution in [0.25, 0.3) is 0 Å². The van der Waals surface area contributed by atoms with Crippen molar-refractivity contribution < 1.29 is 23.9 Å². The molecule has 2 aromatic rings. The van der Waals surface area contributed by atoms with E-state index >= 15 is 0 Å². The normalized spacial score (nSPS) is 11.5. The lowest BCUT2D eigenvalue weighted by molar-refractivity contribution is -0.385. The molecule has 0 aliphatic rings. The Labute approximate surface area is 151 Å². The largest absolute Gasteiger partial charge is 0.496 e. The monoisotopic (exact) mass is 359 g/mol. The van der Waals surface area contributed by atoms with Crippen LogP contribution < -0.4 is 14.2 Å². The lowest BCUT2D eigenvalue weighted by Gasteiger charge is -2.15. The van der Waals surface area contributed by atoms with Crippen LogP contribution in [0.15, 0.2) is 42.5 Å². The zero-order valence-electron chi connectivity index (χ0n) is 14.9. The van der Waals surface area contributed by atoms with E-state index < -0.39 is 10.9 Å². The lowest BCUT2D eigenvalue weighted by Crippen LogP contribution is -2.19. The Morgan fingerprint density at radius 3 is 2.58 bits per heavy atom. The zero-order valence-corrected chi connectivity index (χ0v) is 14.9. The topological polar surface area (TPSA) is 87.9 Å². The number of hydrogen-bond donors (Lipinski definition) is 0. The lowest BCUT2D eigenvalue weighted by atomic mass is 9.98. The summed E-state index contributed by atoms with van der Waals surface area (Å²) < 4.78 is 15.6. The van der Waals surface area contributed by atoms with Crippen molar-refractivity contribution in [2.24, 2.45) is 0 Å². The maximum atomic E-state index is 12.1. The van der Waals surface area contributed by atoms with Crippen LogP contribution in [-0.2, 0) is 4.79 Å². The van der Waals surface area contributed by atoms with Crippen molar-refractivity contribution in [2.45, 2.75) is 26.2 Å². The molecule has 0 aromatic heterocycles. The fourth-order valence-electron chi connectivity index (χ4n) is 2.38. The molecular weight excluding hydrogens is 338 g/mol. The number of nitro groups is 1. The molecule has 0 aliphatic heterocycles. The van der Waals surface area contributed by atoms with Gasteiger partial charge in [0.25, 0.3) is 0 Å². The average molecular weight is 359 g/mol. The van der Waals surface area contributed by atoms with Gasteiger partial charge in [-0.3, -0.25) is 10.1 Å². The molecule has 0 bridgehead atoms. The van der Waals surface area contributed by atoms with Crippen LogP contribution >= 0.6 is 0 Å². The highest BCUT2D eigenvalue weighted by Crippen LogP contribution is 2.31. The van der Waals surface area contributed by atoms with Crippen LogP contribution in [-0.4, -0.2) is 24.6 Å². The molecule has 0 N–H and O–H groups in total. The third-order valence-corrected chi connectivity index (χ3v) is 3.99. The van der Waals surface area contributed by atoms with Crippen molar-refractivity contribution in [3.8, 4) is 17.2 Å². The van der Waals surface area contributed by atoms with Gasteiger partial charge < -0.3 is 14.2 Å². The van der Waals surface area contributed by atoms with Crippen LogP contribution in [0.5, 0.6) is 17.2 Å². The first-order chi connectivity index (χ1) is 12.5. The highest BCUT2D eigenvalue weighted by molar-refractivity contribution is 5.75. The molecule has 0 radical (unpaired) electrons. The molecule has 0 spiro atoms. The van der Waals surface area contributed by atoms with Crippen molar-refractivity contribution in [2.75, 3.05) is 13.7 Å². The summed E-state index contributed by atoms with van der Waals surface area (Å²) in [6.07, 6.45) is 0.933. The van der Waals surface area contributed by atoms with Crippen molar-refractivity contribution >= 4 is 11.7 Å². The van der Waals surface area contributed by atoms with Crippen LogP contribution in [0.2, 0.25) is 0 Å². The highest BCUT2D eigenvalue weighted by Gasteiger charge is 2.20. The minimum Gasteiger partial charge on any atom is -0.496 e. The van der Waals surface area contributed by atoms with E-state index in [2.05, 4.69) is 13.8 Å². The van der Waals surface area contributed by atoms with E-state index in [0.29, 0.717) is 11.5 Å². The summed E-state index contributed by atoms with van der Waals surface area (Å²) in [7, 11) is 1.40. The number of ether oxygens (including phenoxy) is 3. The predicted octanol–water partition coefficient (Wildman–Crippen LogP) is 4.10. The second-order valence-electron chi connectivity index (χ2n) is 5.70. The van der Waals surface area contributed by atoms with Crippen molar-refractivity contribution in [3.05, 3.63) is 58.1 Å². The van der Waals surface area contributed by atoms with Crippen molar-refractivity contribution in [1.29, 1.82) is 0 Å². The van der Waals surface area contributed by atoms with Gasteiger partial charge in [0.05, 0.1) is 18.1 Å². The second-order valence-corrected chi connectivity index (χ2v) is 5.70. The van der Waals surface area contributed by atoms with E-state index in [9.17, 15) is 14.9 Å². The number of rotatable bonds is 8. The van der Waals surface area contributed by atoms with Crippen LogP contribution in [0.3, 0.4) is 0 Å². The molecule has 0 aliphatic carbocycles. The second kappa shape index (κ2) is 8.84. The molecule has 0 heterocycles. The Balaban J connectivity index is 2.08. The Morgan fingerprint density at radius 2 is 1.92 bits per heavy atom. The minimum atomic E-state index is -0.725. The summed E-state index contributed by atoms with van der Waals surface area (Å²) in [6.45, 7) is 3.79. The SMILES string of the molecule is CCC(C)c1ccccc1OCC(=O)Oc1ccc(OC)cc1[N+](=O)[O-]. The van der Waals surface area contributed by atoms with E-state index in [-0.39, 0.29) is 24.0 Å². The van der Waals surface area contributed by atoms with E-state index in [1.165, 1.54) is 25.3 Å². The van der Waals surface area contributed by atoms with Gasteiger partial charge in [-0.1, -0.05) is 32.0 Å². The maximum absolute atomic E-state index is 12.1. The van der Waals surface area contributed by atoms with Crippen LogP contribution in [0, 0.1) is 10.1 Å². The van der Waals surface area contributed by atoms with Crippen LogP contribution in [0.4, 0.5) is 5.69 Å². The summed E-state index contributed by atoms with van der Waals surface area (Å²) in [5.74, 6) is 0.306. The summed E-state index contributed by atoms with van der Waals surface area (Å²) in [5, 5.41) is 11.1. The Bertz CT molecular complexity index is 789. The molecule has 0 fully saturated rings. The smallest absolute Gasteiger partial charge is 0.349 e. The number of nitro benzene ring substituents is 1. The molecule has 7 nitrogen and oxygen atoms in total. The van der Waals surface area contributed by atoms with E-state index in [4.69, 9.17) is 14.2 Å². The van der Waals surface area contributed by atoms with E-state index in [0.717, 1.165) is 12.0 Å². The minimum absolute atomic E-state index is 0.153. The number of nitrogens with zero attached hydrogens (tertiary/aromatic N) is 1. The van der Waals surface area contributed by atoms with Gasteiger partial charge in [-0.05, 0) is 36.1 Å². The first-order valence-electron chi connectivity index (χ1n) is 8.21. The first-order valence-corrected chi connectivity index (χ1v) is 8.21. The molecule has 7 heteroatoms. The highest BCUT2D eigenvalue weighted by atomic mass is 16.6. The zero-order chi connectivity index (χ0) is 19.1. The number of carbonyl (C=O) groups excluding carboxylic acids is 1. The number of carbonyl (C=O) groups is 1. The quantitative estimate of drug-likeness (QED) is 0.305. The molecule has 2 aromatic carbocycles. The third kappa shape index (κ3) is 4.72. The van der Waals surface area contributed by atoms with Gasteiger partial charge in [0.1, 0.15) is 11.5 Å². The van der Waals surface area contributed by atoms with Gasteiger partial charge >= 0.3 is 11.7 Å². The van der Waals surface area contributed by atoms with E-state index in [1.54, 1.807) is 6.07 Å². The molecule has 0 saturated carbocycles. The number of esters is 1. The standard InChI is InChI=1S/C19H21NO6/c1-4-13(2)15-7-5-6-8-17(15)25-12-19(21)26-18-10-9-14(24-3)11-16(18)20(22)23/h5-11,13H,4,12H2,1-3H3. The summed E-state index contributed by atoms with van der Waals surface area (Å²) in [6, 6.07) is 11.5. The number of hydrogen-bond acceptors (Lipinski definition) is 6. The van der Waals surface area contributed by atoms with Gasteiger partial charge in [-0.15, -0.1) is 0 Å². The molecule has 2 rings (SSSR count). The Morgan fingerprint density at radius 1 is 1.19 bits per heavy atom. The fraction of sp³-hybridized carbons (Fsp3) is 0.316. The predicted molar refractivity (Wildman–Crippen MR) is 95.9 cm³/mol. The fourth-order valence-corrected chi connectivity index (χ4v) is 2.38. The van der Waals surface area contributed by atoms with Gasteiger partial charge in [-0.25, -0.2) is 4.79 Å². The summed E-state index contributed by atoms with van der Waals surface area (Å²) in [5.41, 5.74) is 0.649. The molecule has 0 saturated heterocycles. The van der Waals surface area contributed by atoms with Gasteiger partial charge in [-0.2, -0.15) is 0 Å². The Hall–Kier alpha value is -3.09. The summed E-state index contributed by atoms with van der Waals surface area (Å²) in [4.78, 5) is 22.6. The molecule has 0 amide bonds. The first kappa shape index (κ1) is 19.2. The molecule has 1 unspecified atom stereocenters. The average Bonchev–Trinajstić information content (AvgIpc) is 2.66. The maximum Gasteiger partial charge on any atom is 0.349 e. The number of methoxy groups -OCH3 is 1. The van der Waals surface area contributed by atoms with Crippen molar-refractivity contribution in [3.63, 3.8) is 0 Å². The number of benzene rings is 2. The van der Waals surface area contributed by atoms with Gasteiger partial charge in [0.2, 0.25) is 5.75 Å². The Kier molecular flexibility index (Phi) is 6.54. The van der Waals surface area contributed by atoms with Gasteiger partial charge in [0, 0.05) is 0 Å². The third-order valence-electron chi connectivity index (χ3n) is 3.99. The molecular formula is C19H21NO6. The van der Waals surface area contributed by atoms with E-state index in [1.807, 2.05) is 18.2 Å². The molecule has 1 atom stereocenters. The van der Waals surface area contributed by atoms with Crippen LogP contribution in [0.1, 0.15) is 31.7 Å². The number of para-hydroxylation sites is 1. The molecule has 26 heavy (non-hydrogen) atoms.